The first-order valence-electron chi connectivity index (χ1n) is 7.85. The van der Waals surface area contributed by atoms with Crippen molar-refractivity contribution in [3.63, 3.8) is 0 Å². The number of fused-ring (bicyclic) bond motifs is 3. The fourth-order valence-electron chi connectivity index (χ4n) is 3.12. The topological polar surface area (TPSA) is 81.1 Å². The number of nitrogens with zero attached hydrogens (tertiary/aromatic N) is 1. The third-order valence-corrected chi connectivity index (χ3v) is 4.25. The van der Waals surface area contributed by atoms with Crippen LogP contribution in [0, 0.1) is 0 Å². The normalized spacial score (nSPS) is 14.1. The van der Waals surface area contributed by atoms with E-state index in [1.807, 2.05) is 36.4 Å². The maximum atomic E-state index is 12.6. The Labute approximate surface area is 139 Å². The lowest BCUT2D eigenvalue weighted by Gasteiger charge is -2.14. The third kappa shape index (κ3) is 2.30. The standard InChI is InChI=1S/C19H17N3O2/c1-11(20)19-21-16(10-24-19)18(23)22-17-14-8-4-2-6-12(14)13-7-3-5-9-15(13)17/h2-11,17H,20H2,1H3,(H,22,23). The van der Waals surface area contributed by atoms with Gasteiger partial charge in [-0.15, -0.1) is 0 Å². The Bertz CT molecular complexity index is 869. The van der Waals surface area contributed by atoms with E-state index in [1.165, 1.54) is 6.26 Å². The van der Waals surface area contributed by atoms with E-state index >= 15 is 0 Å². The highest BCUT2D eigenvalue weighted by Crippen LogP contribution is 2.43. The van der Waals surface area contributed by atoms with Crippen LogP contribution in [-0.2, 0) is 0 Å². The van der Waals surface area contributed by atoms with Crippen molar-refractivity contribution < 1.29 is 9.21 Å². The second-order valence-electron chi connectivity index (χ2n) is 5.94. The zero-order chi connectivity index (χ0) is 16.7. The number of rotatable bonds is 3. The van der Waals surface area contributed by atoms with Gasteiger partial charge in [-0.05, 0) is 29.2 Å². The summed E-state index contributed by atoms with van der Waals surface area (Å²) in [5.41, 5.74) is 10.4. The SMILES string of the molecule is CC(N)c1nc(C(=O)NC2c3ccccc3-c3ccccc32)co1. The number of hydrogen-bond donors (Lipinski definition) is 2. The first kappa shape index (κ1) is 14.7. The molecule has 5 nitrogen and oxygen atoms in total. The van der Waals surface area contributed by atoms with Crippen LogP contribution in [0.4, 0.5) is 0 Å². The maximum absolute atomic E-state index is 12.6. The molecule has 1 unspecified atom stereocenters. The van der Waals surface area contributed by atoms with E-state index in [1.54, 1.807) is 6.92 Å². The molecule has 1 aromatic heterocycles. The summed E-state index contributed by atoms with van der Waals surface area (Å²) in [6, 6.07) is 15.7. The van der Waals surface area contributed by atoms with Crippen molar-refractivity contribution in [3.8, 4) is 11.1 Å². The second-order valence-corrected chi connectivity index (χ2v) is 5.94. The van der Waals surface area contributed by atoms with E-state index in [9.17, 15) is 4.79 Å². The molecule has 1 atom stereocenters. The predicted molar refractivity (Wildman–Crippen MR) is 90.3 cm³/mol. The molecule has 1 heterocycles. The molecular weight excluding hydrogens is 302 g/mol. The smallest absolute Gasteiger partial charge is 0.273 e. The van der Waals surface area contributed by atoms with Crippen molar-refractivity contribution in [2.75, 3.05) is 0 Å². The van der Waals surface area contributed by atoms with E-state index < -0.39 is 0 Å². The van der Waals surface area contributed by atoms with Gasteiger partial charge >= 0.3 is 0 Å². The molecule has 0 fully saturated rings. The van der Waals surface area contributed by atoms with Crippen LogP contribution in [0.3, 0.4) is 0 Å². The molecule has 24 heavy (non-hydrogen) atoms. The van der Waals surface area contributed by atoms with Crippen molar-refractivity contribution in [2.45, 2.75) is 19.0 Å². The molecule has 0 bridgehead atoms. The highest BCUT2D eigenvalue weighted by Gasteiger charge is 2.30. The summed E-state index contributed by atoms with van der Waals surface area (Å²) in [7, 11) is 0. The number of amides is 1. The lowest BCUT2D eigenvalue weighted by Crippen LogP contribution is -2.28. The summed E-state index contributed by atoms with van der Waals surface area (Å²) in [5.74, 6) is 0.0783. The molecule has 4 rings (SSSR count). The van der Waals surface area contributed by atoms with Gasteiger partial charge in [-0.2, -0.15) is 0 Å². The van der Waals surface area contributed by atoms with Gasteiger partial charge in [-0.25, -0.2) is 4.98 Å². The van der Waals surface area contributed by atoms with Gasteiger partial charge in [0.25, 0.3) is 5.91 Å². The molecule has 0 aliphatic heterocycles. The maximum Gasteiger partial charge on any atom is 0.273 e. The first-order chi connectivity index (χ1) is 11.6. The van der Waals surface area contributed by atoms with Crippen LogP contribution in [0.25, 0.3) is 11.1 Å². The van der Waals surface area contributed by atoms with Crippen molar-refractivity contribution in [1.82, 2.24) is 10.3 Å². The Morgan fingerprint density at radius 3 is 2.25 bits per heavy atom. The lowest BCUT2D eigenvalue weighted by molar-refractivity contribution is 0.0938. The minimum Gasteiger partial charge on any atom is -0.446 e. The van der Waals surface area contributed by atoms with Gasteiger partial charge in [0.2, 0.25) is 5.89 Å². The molecule has 5 heteroatoms. The molecule has 0 saturated carbocycles. The summed E-state index contributed by atoms with van der Waals surface area (Å²) >= 11 is 0. The molecule has 1 aliphatic carbocycles. The molecule has 3 N–H and O–H groups in total. The Balaban J connectivity index is 1.68. The van der Waals surface area contributed by atoms with E-state index in [-0.39, 0.29) is 23.7 Å². The first-order valence-corrected chi connectivity index (χ1v) is 7.85. The van der Waals surface area contributed by atoms with E-state index in [0.717, 1.165) is 22.3 Å². The largest absolute Gasteiger partial charge is 0.446 e. The van der Waals surface area contributed by atoms with Gasteiger partial charge in [0, 0.05) is 0 Å². The Kier molecular flexibility index (Phi) is 3.43. The molecule has 0 spiro atoms. The molecule has 0 saturated heterocycles. The zero-order valence-corrected chi connectivity index (χ0v) is 13.2. The zero-order valence-electron chi connectivity index (χ0n) is 13.2. The van der Waals surface area contributed by atoms with Crippen molar-refractivity contribution in [1.29, 1.82) is 0 Å². The predicted octanol–water partition coefficient (Wildman–Crippen LogP) is 3.19. The number of benzene rings is 2. The Morgan fingerprint density at radius 2 is 1.71 bits per heavy atom. The van der Waals surface area contributed by atoms with Gasteiger partial charge < -0.3 is 15.5 Å². The Morgan fingerprint density at radius 1 is 1.12 bits per heavy atom. The molecule has 0 radical (unpaired) electrons. The Hall–Kier alpha value is -2.92. The number of carbonyl (C=O) groups excluding carboxylic acids is 1. The molecule has 3 aromatic rings. The molecule has 2 aromatic carbocycles. The van der Waals surface area contributed by atoms with Crippen LogP contribution >= 0.6 is 0 Å². The van der Waals surface area contributed by atoms with Crippen molar-refractivity contribution in [2.24, 2.45) is 5.73 Å². The minimum absolute atomic E-state index is 0.194. The fourth-order valence-corrected chi connectivity index (χ4v) is 3.12. The number of aromatic nitrogens is 1. The second kappa shape index (κ2) is 5.62. The van der Waals surface area contributed by atoms with E-state index in [0.29, 0.717) is 5.89 Å². The summed E-state index contributed by atoms with van der Waals surface area (Å²) < 4.78 is 5.25. The van der Waals surface area contributed by atoms with Gasteiger partial charge in [-0.1, -0.05) is 48.5 Å². The summed E-state index contributed by atoms with van der Waals surface area (Å²) in [6.07, 6.45) is 1.35. The quantitative estimate of drug-likeness (QED) is 0.777. The van der Waals surface area contributed by atoms with E-state index in [4.69, 9.17) is 10.2 Å². The van der Waals surface area contributed by atoms with Crippen molar-refractivity contribution in [3.05, 3.63) is 77.5 Å². The van der Waals surface area contributed by atoms with Gasteiger partial charge in [-0.3, -0.25) is 4.79 Å². The van der Waals surface area contributed by atoms with Gasteiger partial charge in [0.1, 0.15) is 6.26 Å². The number of nitrogens with one attached hydrogen (secondary N) is 1. The van der Waals surface area contributed by atoms with Crippen molar-refractivity contribution >= 4 is 5.91 Å². The fraction of sp³-hybridized carbons (Fsp3) is 0.158. The molecule has 1 aliphatic rings. The molecule has 1 amide bonds. The monoisotopic (exact) mass is 319 g/mol. The summed E-state index contributed by atoms with van der Waals surface area (Å²) in [5, 5.41) is 3.06. The third-order valence-electron chi connectivity index (χ3n) is 4.25. The summed E-state index contributed by atoms with van der Waals surface area (Å²) in [4.78, 5) is 16.7. The van der Waals surface area contributed by atoms with Crippen LogP contribution in [0.5, 0.6) is 0 Å². The number of carbonyl (C=O) groups is 1. The lowest BCUT2D eigenvalue weighted by atomic mass is 10.1. The van der Waals surface area contributed by atoms with Gasteiger partial charge in [0.15, 0.2) is 5.69 Å². The van der Waals surface area contributed by atoms with Crippen LogP contribution in [-0.4, -0.2) is 10.9 Å². The minimum atomic E-state index is -0.348. The van der Waals surface area contributed by atoms with Crippen LogP contribution in [0.2, 0.25) is 0 Å². The van der Waals surface area contributed by atoms with Crippen LogP contribution in [0.1, 0.15) is 46.5 Å². The molecule has 120 valence electrons. The average Bonchev–Trinajstić information content (AvgIpc) is 3.20. The van der Waals surface area contributed by atoms with E-state index in [2.05, 4.69) is 22.4 Å². The average molecular weight is 319 g/mol. The van der Waals surface area contributed by atoms with Crippen LogP contribution < -0.4 is 11.1 Å². The highest BCUT2D eigenvalue weighted by molar-refractivity contribution is 5.93. The van der Waals surface area contributed by atoms with Gasteiger partial charge in [0.05, 0.1) is 12.1 Å². The highest BCUT2D eigenvalue weighted by atomic mass is 16.3. The summed E-state index contributed by atoms with van der Waals surface area (Å²) in [6.45, 7) is 1.76. The molecular formula is C19H17N3O2. The number of hydrogen-bond acceptors (Lipinski definition) is 4. The van der Waals surface area contributed by atoms with Crippen LogP contribution in [0.15, 0.2) is 59.2 Å². The number of oxazole rings is 1. The number of nitrogens with two attached hydrogens (primary N) is 1.